The molecular weight excluding hydrogens is 639 g/mol. The zero-order chi connectivity index (χ0) is 25.5. The second-order valence-electron chi connectivity index (χ2n) is 7.62. The lowest BCUT2D eigenvalue weighted by atomic mass is 10.2. The summed E-state index contributed by atoms with van der Waals surface area (Å²) in [5.41, 5.74) is 4.87. The van der Waals surface area contributed by atoms with Gasteiger partial charge in [-0.15, -0.1) is 0 Å². The second kappa shape index (κ2) is 12.3. The third-order valence-electron chi connectivity index (χ3n) is 5.03. The Labute approximate surface area is 231 Å². The van der Waals surface area contributed by atoms with Gasteiger partial charge in [-0.25, -0.2) is 5.43 Å². The lowest BCUT2D eigenvalue weighted by Gasteiger charge is -2.14. The number of rotatable bonds is 10. The van der Waals surface area contributed by atoms with Crippen LogP contribution in [0.25, 0.3) is 11.0 Å². The fourth-order valence-electron chi connectivity index (χ4n) is 3.41. The van der Waals surface area contributed by atoms with Gasteiger partial charge < -0.3 is 18.6 Å². The highest BCUT2D eigenvalue weighted by molar-refractivity contribution is 14.1. The number of hydrogen-bond donors (Lipinski definition) is 1. The van der Waals surface area contributed by atoms with E-state index in [9.17, 15) is 4.79 Å². The van der Waals surface area contributed by atoms with E-state index in [0.29, 0.717) is 41.4 Å². The van der Waals surface area contributed by atoms with Crippen molar-refractivity contribution < 1.29 is 23.4 Å². The highest BCUT2D eigenvalue weighted by Gasteiger charge is 2.14. The number of nitrogens with zero attached hydrogens (tertiary/aromatic N) is 1. The van der Waals surface area contributed by atoms with Gasteiger partial charge in [0.1, 0.15) is 17.9 Å². The number of hydrazone groups is 1. The van der Waals surface area contributed by atoms with E-state index in [1.807, 2.05) is 56.3 Å². The molecule has 0 saturated heterocycles. The van der Waals surface area contributed by atoms with Crippen LogP contribution in [0.5, 0.6) is 17.2 Å². The lowest BCUT2D eigenvalue weighted by molar-refractivity contribution is 0.0929. The van der Waals surface area contributed by atoms with Crippen LogP contribution in [-0.2, 0) is 6.61 Å². The minimum atomic E-state index is -0.456. The Morgan fingerprint density at radius 2 is 1.81 bits per heavy atom. The maximum atomic E-state index is 12.5. The quantitative estimate of drug-likeness (QED) is 0.113. The molecule has 4 aromatic rings. The molecule has 7 nitrogen and oxygen atoms in total. The zero-order valence-corrected chi connectivity index (χ0v) is 23.5. The number of hydrogen-bond acceptors (Lipinski definition) is 6. The molecule has 0 spiro atoms. The first-order valence-corrected chi connectivity index (χ1v) is 13.2. The molecule has 1 N–H and O–H groups in total. The molecule has 0 atom stereocenters. The number of benzene rings is 3. The molecule has 0 saturated carbocycles. The van der Waals surface area contributed by atoms with Crippen LogP contribution in [0.1, 0.15) is 35.5 Å². The van der Waals surface area contributed by atoms with Gasteiger partial charge in [0.25, 0.3) is 0 Å². The Bertz CT molecular complexity index is 1390. The van der Waals surface area contributed by atoms with Crippen molar-refractivity contribution in [1.82, 2.24) is 5.43 Å². The Hall–Kier alpha value is -3.05. The van der Waals surface area contributed by atoms with E-state index >= 15 is 0 Å². The van der Waals surface area contributed by atoms with Crippen molar-refractivity contribution in [1.29, 1.82) is 0 Å². The van der Waals surface area contributed by atoms with Crippen LogP contribution in [0, 0.1) is 3.57 Å². The summed E-state index contributed by atoms with van der Waals surface area (Å²) in [5.74, 6) is 1.60. The maximum absolute atomic E-state index is 12.5. The molecule has 0 aliphatic rings. The number of amides is 1. The predicted octanol–water partition coefficient (Wildman–Crippen LogP) is 6.94. The van der Waals surface area contributed by atoms with Gasteiger partial charge in [0.05, 0.1) is 23.9 Å². The SMILES string of the molecule is CCOc1ccc2oc(C(=O)N/N=C/c3cc(Br)c(OCc4ccc(I)cc4)c(OCC)c3)cc2c1. The average Bonchev–Trinajstić information content (AvgIpc) is 3.29. The lowest BCUT2D eigenvalue weighted by Crippen LogP contribution is -2.16. The number of nitrogens with one attached hydrogen (secondary N) is 1. The number of carbonyl (C=O) groups is 1. The summed E-state index contributed by atoms with van der Waals surface area (Å²) in [6, 6.07) is 18.8. The summed E-state index contributed by atoms with van der Waals surface area (Å²) >= 11 is 5.84. The molecule has 36 heavy (non-hydrogen) atoms. The fourth-order valence-corrected chi connectivity index (χ4v) is 4.35. The summed E-state index contributed by atoms with van der Waals surface area (Å²) in [6.45, 7) is 5.26. The summed E-state index contributed by atoms with van der Waals surface area (Å²) in [7, 11) is 0. The first-order chi connectivity index (χ1) is 17.5. The van der Waals surface area contributed by atoms with E-state index in [4.69, 9.17) is 18.6 Å². The second-order valence-corrected chi connectivity index (χ2v) is 9.72. The number of furan rings is 1. The van der Waals surface area contributed by atoms with E-state index in [2.05, 4.69) is 49.0 Å². The van der Waals surface area contributed by atoms with E-state index in [1.165, 1.54) is 9.78 Å². The molecule has 4 rings (SSSR count). The van der Waals surface area contributed by atoms with Crippen molar-refractivity contribution in [2.45, 2.75) is 20.5 Å². The molecule has 9 heteroatoms. The first kappa shape index (κ1) is 26.0. The molecular formula is C27H24BrIN2O5. The molecule has 0 unspecified atom stereocenters. The van der Waals surface area contributed by atoms with Crippen molar-refractivity contribution in [3.8, 4) is 17.2 Å². The van der Waals surface area contributed by atoms with Gasteiger partial charge in [0, 0.05) is 8.96 Å². The van der Waals surface area contributed by atoms with E-state index < -0.39 is 5.91 Å². The highest BCUT2D eigenvalue weighted by atomic mass is 127. The number of halogens is 2. The maximum Gasteiger partial charge on any atom is 0.307 e. The number of fused-ring (bicyclic) bond motifs is 1. The normalized spacial score (nSPS) is 11.1. The van der Waals surface area contributed by atoms with Gasteiger partial charge in [-0.2, -0.15) is 5.10 Å². The van der Waals surface area contributed by atoms with Crippen LogP contribution < -0.4 is 19.6 Å². The van der Waals surface area contributed by atoms with Crippen LogP contribution in [0.2, 0.25) is 0 Å². The Morgan fingerprint density at radius 3 is 2.56 bits per heavy atom. The van der Waals surface area contributed by atoms with Crippen LogP contribution in [0.3, 0.4) is 0 Å². The van der Waals surface area contributed by atoms with Crippen molar-refractivity contribution in [3.63, 3.8) is 0 Å². The standard InChI is InChI=1S/C27H24BrIN2O5/c1-3-33-21-9-10-23-19(13-21)14-25(36-23)27(32)31-30-15-18-11-22(28)26(24(12-18)34-4-2)35-16-17-5-7-20(29)8-6-17/h5-15H,3-4,16H2,1-2H3,(H,31,32)/b30-15+. The molecule has 0 radical (unpaired) electrons. The molecule has 1 amide bonds. The topological polar surface area (TPSA) is 82.3 Å². The monoisotopic (exact) mass is 662 g/mol. The number of carbonyl (C=O) groups excluding carboxylic acids is 1. The van der Waals surface area contributed by atoms with E-state index in [-0.39, 0.29) is 5.76 Å². The predicted molar refractivity (Wildman–Crippen MR) is 151 cm³/mol. The van der Waals surface area contributed by atoms with Gasteiger partial charge in [-0.1, -0.05) is 12.1 Å². The Kier molecular flexibility index (Phi) is 8.87. The van der Waals surface area contributed by atoms with Gasteiger partial charge in [-0.05, 0) is 112 Å². The molecule has 0 fully saturated rings. The van der Waals surface area contributed by atoms with E-state index in [1.54, 1.807) is 18.2 Å². The van der Waals surface area contributed by atoms with E-state index in [0.717, 1.165) is 22.3 Å². The fraction of sp³-hybridized carbons (Fsp3) is 0.185. The molecule has 186 valence electrons. The van der Waals surface area contributed by atoms with Crippen molar-refractivity contribution in [2.75, 3.05) is 13.2 Å². The highest BCUT2D eigenvalue weighted by Crippen LogP contribution is 2.37. The van der Waals surface area contributed by atoms with Crippen LogP contribution in [-0.4, -0.2) is 25.3 Å². The van der Waals surface area contributed by atoms with Crippen LogP contribution in [0.15, 0.2) is 74.7 Å². The third-order valence-corrected chi connectivity index (χ3v) is 6.34. The molecule has 0 aliphatic carbocycles. The molecule has 1 heterocycles. The summed E-state index contributed by atoms with van der Waals surface area (Å²) in [4.78, 5) is 12.5. The van der Waals surface area contributed by atoms with Crippen molar-refractivity contribution in [2.24, 2.45) is 5.10 Å². The average molecular weight is 663 g/mol. The molecule has 1 aromatic heterocycles. The van der Waals surface area contributed by atoms with Gasteiger partial charge in [-0.3, -0.25) is 4.79 Å². The number of ether oxygens (including phenoxy) is 3. The van der Waals surface area contributed by atoms with Crippen LogP contribution >= 0.6 is 38.5 Å². The summed E-state index contributed by atoms with van der Waals surface area (Å²) < 4.78 is 24.9. The largest absolute Gasteiger partial charge is 0.494 e. The molecule has 3 aromatic carbocycles. The van der Waals surface area contributed by atoms with Gasteiger partial charge >= 0.3 is 5.91 Å². The third kappa shape index (κ3) is 6.58. The minimum Gasteiger partial charge on any atom is -0.494 e. The first-order valence-electron chi connectivity index (χ1n) is 11.3. The summed E-state index contributed by atoms with van der Waals surface area (Å²) in [6.07, 6.45) is 1.53. The minimum absolute atomic E-state index is 0.159. The van der Waals surface area contributed by atoms with Crippen molar-refractivity contribution >= 4 is 61.6 Å². The van der Waals surface area contributed by atoms with Crippen LogP contribution in [0.4, 0.5) is 0 Å². The molecule has 0 aliphatic heterocycles. The Balaban J connectivity index is 1.44. The molecule has 0 bridgehead atoms. The zero-order valence-electron chi connectivity index (χ0n) is 19.7. The van der Waals surface area contributed by atoms with Crippen molar-refractivity contribution in [3.05, 3.63) is 85.6 Å². The van der Waals surface area contributed by atoms with Gasteiger partial charge in [0.15, 0.2) is 17.3 Å². The van der Waals surface area contributed by atoms with Gasteiger partial charge in [0.2, 0.25) is 0 Å². The Morgan fingerprint density at radius 1 is 1.03 bits per heavy atom. The smallest absolute Gasteiger partial charge is 0.307 e. The summed E-state index contributed by atoms with van der Waals surface area (Å²) in [5, 5.41) is 4.86.